The number of aromatic hydroxyl groups is 2. The molecule has 0 radical (unpaired) electrons. The number of phenols is 2. The van der Waals surface area contributed by atoms with Gasteiger partial charge >= 0.3 is 11.9 Å². The Kier molecular flexibility index (Phi) is 13.6. The highest BCUT2D eigenvalue weighted by Crippen LogP contribution is 2.45. The summed E-state index contributed by atoms with van der Waals surface area (Å²) in [6, 6.07) is 59.3. The van der Waals surface area contributed by atoms with Gasteiger partial charge in [-0.25, -0.2) is 9.97 Å². The number of nitrogens with zero attached hydrogens (tertiary/aromatic N) is 5. The molecule has 0 amide bonds. The Morgan fingerprint density at radius 3 is 1.70 bits per heavy atom. The van der Waals surface area contributed by atoms with Crippen molar-refractivity contribution in [1.82, 2.24) is 24.7 Å². The zero-order valence-electron chi connectivity index (χ0n) is 43.1. The number of hydrogen-bond acceptors (Lipinski definition) is 11. The Morgan fingerprint density at radius 1 is 0.571 bits per heavy atom. The van der Waals surface area contributed by atoms with E-state index in [9.17, 15) is 15.0 Å². The zero-order chi connectivity index (χ0) is 53.2. The van der Waals surface area contributed by atoms with Crippen molar-refractivity contribution in [3.63, 3.8) is 0 Å². The molecule has 12 nitrogen and oxygen atoms in total. The molecule has 0 aliphatic rings. The van der Waals surface area contributed by atoms with Gasteiger partial charge in [0.1, 0.15) is 23.0 Å². The first kappa shape index (κ1) is 49.8. The maximum atomic E-state index is 15.1. The van der Waals surface area contributed by atoms with Crippen molar-refractivity contribution < 1.29 is 33.7 Å². The normalized spacial score (nSPS) is 13.1. The summed E-state index contributed by atoms with van der Waals surface area (Å²) in [5.41, 5.74) is 6.79. The summed E-state index contributed by atoms with van der Waals surface area (Å²) in [5, 5.41) is 35.8. The van der Waals surface area contributed by atoms with Crippen LogP contribution in [0.3, 0.4) is 0 Å². The molecule has 77 heavy (non-hydrogen) atoms. The minimum Gasteiger partial charge on any atom is -0.507 e. The number of hydrogen-bond donors (Lipinski definition) is 2. The van der Waals surface area contributed by atoms with Crippen molar-refractivity contribution in [2.24, 2.45) is 5.41 Å². The Hall–Kier alpha value is -9.42. The van der Waals surface area contributed by atoms with E-state index in [2.05, 4.69) is 101 Å². The Balaban J connectivity index is 0.862. The second-order valence-corrected chi connectivity index (χ2v) is 19.8. The first-order valence-corrected chi connectivity index (χ1v) is 25.9. The number of esters is 2. The lowest BCUT2D eigenvalue weighted by molar-refractivity contribution is -0.146. The molecule has 3 atom stereocenters. The summed E-state index contributed by atoms with van der Waals surface area (Å²) in [5.74, 6) is 0.192. The number of ether oxygens (including phenoxy) is 2. The van der Waals surface area contributed by atoms with Crippen LogP contribution in [0.2, 0.25) is 0 Å². The van der Waals surface area contributed by atoms with Gasteiger partial charge in [0.15, 0.2) is 0 Å². The molecule has 0 bridgehead atoms. The van der Waals surface area contributed by atoms with E-state index in [1.54, 1.807) is 43.3 Å². The summed E-state index contributed by atoms with van der Waals surface area (Å²) in [6.07, 6.45) is 1.90. The number of carbonyl (C=O) groups is 2. The lowest BCUT2D eigenvalue weighted by Gasteiger charge is -2.34. The summed E-state index contributed by atoms with van der Waals surface area (Å²) in [7, 11) is 0. The number of fused-ring (bicyclic) bond motifs is 4. The van der Waals surface area contributed by atoms with E-state index < -0.39 is 17.4 Å². The average molecular weight is 1020 g/mol. The van der Waals surface area contributed by atoms with Crippen LogP contribution < -0.4 is 9.47 Å². The van der Waals surface area contributed by atoms with Crippen LogP contribution in [-0.4, -0.2) is 46.9 Å². The highest BCUT2D eigenvalue weighted by atomic mass is 16.5. The van der Waals surface area contributed by atoms with Crippen LogP contribution in [0.1, 0.15) is 70.9 Å². The van der Waals surface area contributed by atoms with Crippen LogP contribution in [-0.2, 0) is 9.59 Å². The van der Waals surface area contributed by atoms with Gasteiger partial charge < -0.3 is 28.7 Å². The lowest BCUT2D eigenvalue weighted by atomic mass is 9.74. The van der Waals surface area contributed by atoms with Crippen molar-refractivity contribution in [3.8, 4) is 79.8 Å². The van der Waals surface area contributed by atoms with Gasteiger partial charge in [0.05, 0.1) is 28.2 Å². The third kappa shape index (κ3) is 10.0. The van der Waals surface area contributed by atoms with E-state index in [4.69, 9.17) is 23.9 Å². The summed E-state index contributed by atoms with van der Waals surface area (Å²) >= 11 is 0. The van der Waals surface area contributed by atoms with Crippen molar-refractivity contribution in [1.29, 1.82) is 0 Å². The first-order valence-electron chi connectivity index (χ1n) is 25.9. The van der Waals surface area contributed by atoms with Crippen LogP contribution in [0.15, 0.2) is 192 Å². The minimum absolute atomic E-state index is 0.0759. The number of para-hydroxylation sites is 2. The molecule has 7 aromatic carbocycles. The highest BCUT2D eigenvalue weighted by molar-refractivity contribution is 6.08. The fourth-order valence-electron chi connectivity index (χ4n) is 10.6. The Morgan fingerprint density at radius 2 is 1.10 bits per heavy atom. The molecule has 11 aromatic rings. The van der Waals surface area contributed by atoms with E-state index in [-0.39, 0.29) is 41.4 Å². The average Bonchev–Trinajstić information content (AvgIpc) is 4.18. The van der Waals surface area contributed by atoms with Gasteiger partial charge in [-0.2, -0.15) is 0 Å². The fourth-order valence-corrected chi connectivity index (χ4v) is 10.6. The van der Waals surface area contributed by atoms with Crippen molar-refractivity contribution >= 4 is 44.5 Å². The van der Waals surface area contributed by atoms with E-state index in [0.717, 1.165) is 55.7 Å². The molecule has 0 aliphatic carbocycles. The van der Waals surface area contributed by atoms with E-state index in [1.807, 2.05) is 73.7 Å². The molecule has 0 saturated carbocycles. The number of phenolic OH excluding ortho intramolecular Hbond substituents is 2. The smallest absolute Gasteiger partial charge is 0.317 e. The number of pyridine rings is 2. The third-order valence-corrected chi connectivity index (χ3v) is 14.5. The molecule has 0 spiro atoms. The summed E-state index contributed by atoms with van der Waals surface area (Å²) in [6.45, 7) is 7.99. The van der Waals surface area contributed by atoms with Gasteiger partial charge in [0.25, 0.3) is 0 Å². The Bertz CT molecular complexity index is 3940. The third-order valence-electron chi connectivity index (χ3n) is 14.5. The lowest BCUT2D eigenvalue weighted by Crippen LogP contribution is -2.36. The SMILES string of the molecule is CCC(=O)Oc1ccc(-c2cccc(-c3cccc(-c4ccc(OC(=O)C(C)(CC(C)c5ccc(-c6nnc(-c7cccc8ccccc78)o6)cc5)CC(CC)n5c6ccccc6c6ccccc65)cc4O)n3)n2)c(O)c1. The minimum atomic E-state index is -1.02. The number of benzene rings is 7. The van der Waals surface area contributed by atoms with Gasteiger partial charge in [-0.15, -0.1) is 10.2 Å². The topological polar surface area (TPSA) is 163 Å². The van der Waals surface area contributed by atoms with Crippen LogP contribution in [0.5, 0.6) is 23.0 Å². The summed E-state index contributed by atoms with van der Waals surface area (Å²) in [4.78, 5) is 36.6. The molecule has 3 unspecified atom stereocenters. The van der Waals surface area contributed by atoms with Crippen LogP contribution in [0.25, 0.3) is 89.4 Å². The second kappa shape index (κ2) is 21.1. The quantitative estimate of drug-likeness (QED) is 0.0699. The van der Waals surface area contributed by atoms with Gasteiger partial charge in [0, 0.05) is 68.7 Å². The molecule has 4 aromatic heterocycles. The van der Waals surface area contributed by atoms with Crippen molar-refractivity contribution in [2.75, 3.05) is 0 Å². The molecule has 382 valence electrons. The van der Waals surface area contributed by atoms with Crippen LogP contribution >= 0.6 is 0 Å². The maximum Gasteiger partial charge on any atom is 0.317 e. The fraction of sp³-hybridized carbons (Fsp3) is 0.169. The molecule has 4 heterocycles. The number of carbonyl (C=O) groups excluding carboxylic acids is 2. The van der Waals surface area contributed by atoms with Crippen LogP contribution in [0.4, 0.5) is 0 Å². The largest absolute Gasteiger partial charge is 0.507 e. The predicted octanol–water partition coefficient (Wildman–Crippen LogP) is 15.3. The molecular formula is C65H55N5O7. The van der Waals surface area contributed by atoms with E-state index in [0.29, 0.717) is 58.5 Å². The zero-order valence-corrected chi connectivity index (χ0v) is 43.1. The van der Waals surface area contributed by atoms with Gasteiger partial charge in [-0.1, -0.05) is 118 Å². The van der Waals surface area contributed by atoms with Gasteiger partial charge in [-0.05, 0) is 127 Å². The molecule has 0 aliphatic heterocycles. The van der Waals surface area contributed by atoms with Gasteiger partial charge in [0.2, 0.25) is 11.8 Å². The summed E-state index contributed by atoms with van der Waals surface area (Å²) < 4.78 is 20.3. The van der Waals surface area contributed by atoms with Gasteiger partial charge in [-0.3, -0.25) is 9.59 Å². The number of rotatable bonds is 16. The molecule has 11 rings (SSSR count). The molecule has 2 N–H and O–H groups in total. The molecular weight excluding hydrogens is 963 g/mol. The first-order chi connectivity index (χ1) is 37.5. The number of aromatic nitrogens is 5. The molecule has 0 saturated heterocycles. The second-order valence-electron chi connectivity index (χ2n) is 19.8. The standard InChI is InChI=1S/C65H55N5O7/c1-5-44(70-57-26-11-9-19-48(57)49-20-10-12-27-58(49)70)39-65(4,38-40(3)41-28-30-43(31-29-41)62-68-69-63(77-62)50-21-13-17-42-16-7-8-18-47(42)50)64(74)76-46-33-35-52(60(72)37-46)54-23-15-25-56(67-54)55-24-14-22-53(66-55)51-34-32-45(36-59(51)71)75-61(73)6-2/h7-37,40,44,71-72H,5-6,38-39H2,1-4H3. The van der Waals surface area contributed by atoms with Crippen LogP contribution in [0, 0.1) is 5.41 Å². The van der Waals surface area contributed by atoms with E-state index >= 15 is 4.79 Å². The van der Waals surface area contributed by atoms with E-state index in [1.165, 1.54) is 12.1 Å². The monoisotopic (exact) mass is 1020 g/mol. The van der Waals surface area contributed by atoms with Crippen molar-refractivity contribution in [2.45, 2.75) is 65.3 Å². The molecule has 12 heteroatoms. The maximum absolute atomic E-state index is 15.1. The van der Waals surface area contributed by atoms with Crippen molar-refractivity contribution in [3.05, 3.63) is 194 Å². The highest BCUT2D eigenvalue weighted by Gasteiger charge is 2.40. The molecule has 0 fully saturated rings. The Labute approximate surface area is 445 Å². The predicted molar refractivity (Wildman–Crippen MR) is 300 cm³/mol.